The van der Waals surface area contributed by atoms with E-state index in [9.17, 15) is 22.8 Å². The summed E-state index contributed by atoms with van der Waals surface area (Å²) in [5.74, 6) is -0.446. The van der Waals surface area contributed by atoms with Gasteiger partial charge in [-0.3, -0.25) is 14.6 Å². The van der Waals surface area contributed by atoms with Crippen LogP contribution in [0.4, 0.5) is 13.2 Å². The molecule has 4 rings (SSSR count). The van der Waals surface area contributed by atoms with Crippen LogP contribution in [0.1, 0.15) is 60.3 Å². The number of aromatic nitrogens is 1. The summed E-state index contributed by atoms with van der Waals surface area (Å²) in [5, 5.41) is 3.02. The fourth-order valence-electron chi connectivity index (χ4n) is 4.69. The van der Waals surface area contributed by atoms with Gasteiger partial charge in [0.25, 0.3) is 5.91 Å². The Balaban J connectivity index is 1.79. The van der Waals surface area contributed by atoms with Crippen molar-refractivity contribution in [2.24, 2.45) is 0 Å². The first-order valence-corrected chi connectivity index (χ1v) is 9.91. The molecule has 0 aliphatic carbocycles. The molecule has 8 heteroatoms. The van der Waals surface area contributed by atoms with E-state index in [0.717, 1.165) is 12.1 Å². The molecule has 1 N–H and O–H groups in total. The Morgan fingerprint density at radius 1 is 1.23 bits per heavy atom. The number of pyridine rings is 1. The van der Waals surface area contributed by atoms with Gasteiger partial charge in [-0.05, 0) is 56.0 Å². The minimum absolute atomic E-state index is 0.102. The number of benzene rings is 1. The van der Waals surface area contributed by atoms with E-state index in [1.165, 1.54) is 12.3 Å². The largest absolute Gasteiger partial charge is 0.416 e. The van der Waals surface area contributed by atoms with Crippen LogP contribution in [-0.4, -0.2) is 33.3 Å². The maximum absolute atomic E-state index is 13.4. The first kappa shape index (κ1) is 20.4. The molecule has 0 bridgehead atoms. The third-order valence-electron chi connectivity index (χ3n) is 6.05. The van der Waals surface area contributed by atoms with Crippen molar-refractivity contribution in [1.29, 1.82) is 0 Å². The monoisotopic (exact) mass is 417 g/mol. The van der Waals surface area contributed by atoms with Crippen LogP contribution in [0.3, 0.4) is 0 Å². The van der Waals surface area contributed by atoms with Gasteiger partial charge in [0.2, 0.25) is 5.91 Å². The van der Waals surface area contributed by atoms with Crippen LogP contribution < -0.4 is 5.32 Å². The maximum Gasteiger partial charge on any atom is 0.416 e. The van der Waals surface area contributed by atoms with E-state index in [4.69, 9.17) is 0 Å². The molecular weight excluding hydrogens is 395 g/mol. The van der Waals surface area contributed by atoms with Crippen molar-refractivity contribution in [1.82, 2.24) is 15.2 Å². The van der Waals surface area contributed by atoms with Gasteiger partial charge in [0, 0.05) is 12.6 Å². The second-order valence-electron chi connectivity index (χ2n) is 8.14. The molecule has 3 heterocycles. The summed E-state index contributed by atoms with van der Waals surface area (Å²) in [5.41, 5.74) is -0.852. The van der Waals surface area contributed by atoms with Gasteiger partial charge in [-0.2, -0.15) is 13.2 Å². The Kier molecular flexibility index (Phi) is 5.03. The minimum atomic E-state index is -4.48. The Bertz CT molecular complexity index is 964. The van der Waals surface area contributed by atoms with E-state index in [1.54, 1.807) is 29.2 Å². The number of nitrogens with zero attached hydrogens (tertiary/aromatic N) is 2. The summed E-state index contributed by atoms with van der Waals surface area (Å²) in [6.45, 7) is 1.87. The number of halogens is 3. The highest BCUT2D eigenvalue weighted by Crippen LogP contribution is 2.46. The summed E-state index contributed by atoms with van der Waals surface area (Å²) in [4.78, 5) is 31.4. The van der Waals surface area contributed by atoms with Crippen molar-refractivity contribution in [2.75, 3.05) is 0 Å². The first-order valence-electron chi connectivity index (χ1n) is 9.91. The van der Waals surface area contributed by atoms with Gasteiger partial charge < -0.3 is 10.2 Å². The zero-order valence-corrected chi connectivity index (χ0v) is 16.4. The van der Waals surface area contributed by atoms with Gasteiger partial charge in [0.05, 0.1) is 23.2 Å². The van der Waals surface area contributed by atoms with Crippen LogP contribution in [0.25, 0.3) is 0 Å². The molecule has 2 aliphatic rings. The van der Waals surface area contributed by atoms with Crippen molar-refractivity contribution < 1.29 is 22.8 Å². The van der Waals surface area contributed by atoms with Gasteiger partial charge in [0.15, 0.2) is 0 Å². The lowest BCUT2D eigenvalue weighted by Gasteiger charge is -2.35. The molecule has 0 unspecified atom stereocenters. The zero-order valence-electron chi connectivity index (χ0n) is 16.4. The van der Waals surface area contributed by atoms with Crippen molar-refractivity contribution in [3.8, 4) is 0 Å². The average molecular weight is 417 g/mol. The van der Waals surface area contributed by atoms with E-state index >= 15 is 0 Å². The number of likely N-dealkylation sites (tertiary alicyclic amines) is 1. The maximum atomic E-state index is 13.4. The van der Waals surface area contributed by atoms with E-state index in [0.29, 0.717) is 31.2 Å². The minimum Gasteiger partial charge on any atom is -0.349 e. The van der Waals surface area contributed by atoms with E-state index < -0.39 is 23.3 Å². The van der Waals surface area contributed by atoms with E-state index in [1.807, 2.05) is 6.92 Å². The molecule has 3 atom stereocenters. The van der Waals surface area contributed by atoms with Crippen molar-refractivity contribution >= 4 is 11.8 Å². The van der Waals surface area contributed by atoms with E-state index in [2.05, 4.69) is 10.3 Å². The Morgan fingerprint density at radius 2 is 2.03 bits per heavy atom. The summed E-state index contributed by atoms with van der Waals surface area (Å²) in [7, 11) is 0. The molecule has 1 aromatic heterocycles. The molecule has 2 aromatic rings. The smallest absolute Gasteiger partial charge is 0.349 e. The molecule has 0 spiro atoms. The highest BCUT2D eigenvalue weighted by molar-refractivity contribution is 5.93. The molecule has 2 amide bonds. The third-order valence-corrected chi connectivity index (χ3v) is 6.05. The highest BCUT2D eigenvalue weighted by Gasteiger charge is 2.53. The van der Waals surface area contributed by atoms with Gasteiger partial charge in [0.1, 0.15) is 5.69 Å². The summed E-state index contributed by atoms with van der Waals surface area (Å²) in [6, 6.07) is 9.13. The van der Waals surface area contributed by atoms with Crippen LogP contribution in [0.5, 0.6) is 0 Å². The summed E-state index contributed by atoms with van der Waals surface area (Å²) in [6.07, 6.45) is -1.07. The van der Waals surface area contributed by atoms with Crippen molar-refractivity contribution in [3.05, 3.63) is 65.5 Å². The number of rotatable bonds is 2. The van der Waals surface area contributed by atoms with Crippen molar-refractivity contribution in [2.45, 2.75) is 56.4 Å². The first-order chi connectivity index (χ1) is 14.2. The standard InChI is InChI=1S/C22H22F3N3O2/c1-21-13-17(14-6-4-7-15(12-14)22(23,24)25)28(18(21)9-5-10-19(29)27-21)20(30)16-8-2-3-11-26-16/h2-4,6-8,11-12,17-18H,5,9-10,13H2,1H3,(H,27,29)/t17-,18-,21-/m0/s1. The molecule has 5 nitrogen and oxygen atoms in total. The van der Waals surface area contributed by atoms with Crippen LogP contribution in [0.15, 0.2) is 48.7 Å². The van der Waals surface area contributed by atoms with Crippen LogP contribution in [0, 0.1) is 0 Å². The Morgan fingerprint density at radius 3 is 2.73 bits per heavy atom. The van der Waals surface area contributed by atoms with Gasteiger partial charge >= 0.3 is 6.18 Å². The van der Waals surface area contributed by atoms with E-state index in [-0.39, 0.29) is 23.6 Å². The fourth-order valence-corrected chi connectivity index (χ4v) is 4.69. The number of hydrogen-bond acceptors (Lipinski definition) is 3. The fraction of sp³-hybridized carbons (Fsp3) is 0.409. The number of fused-ring (bicyclic) bond motifs is 1. The average Bonchev–Trinajstić information content (AvgIpc) is 2.90. The number of hydrogen-bond donors (Lipinski definition) is 1. The second kappa shape index (κ2) is 7.41. The zero-order chi connectivity index (χ0) is 21.5. The normalized spacial score (nSPS) is 26.7. The number of amides is 2. The highest BCUT2D eigenvalue weighted by atomic mass is 19.4. The second-order valence-corrected chi connectivity index (χ2v) is 8.14. The molecule has 30 heavy (non-hydrogen) atoms. The SMILES string of the molecule is C[C@]12C[C@@H](c3cccc(C(F)(F)F)c3)N(C(=O)c3ccccn3)[C@H]1CCCC(=O)N2. The predicted molar refractivity (Wildman–Crippen MR) is 103 cm³/mol. The van der Waals surface area contributed by atoms with Crippen molar-refractivity contribution in [3.63, 3.8) is 0 Å². The molecule has 2 fully saturated rings. The predicted octanol–water partition coefficient (Wildman–Crippen LogP) is 4.12. The lowest BCUT2D eigenvalue weighted by Crippen LogP contribution is -2.54. The number of alkyl halides is 3. The summed E-state index contributed by atoms with van der Waals surface area (Å²) >= 11 is 0. The molecule has 2 aliphatic heterocycles. The summed E-state index contributed by atoms with van der Waals surface area (Å²) < 4.78 is 39.9. The molecule has 1 aromatic carbocycles. The lowest BCUT2D eigenvalue weighted by atomic mass is 9.88. The molecule has 158 valence electrons. The molecule has 0 radical (unpaired) electrons. The van der Waals surface area contributed by atoms with Gasteiger partial charge in [-0.25, -0.2) is 0 Å². The lowest BCUT2D eigenvalue weighted by molar-refractivity contribution is -0.137. The quantitative estimate of drug-likeness (QED) is 0.800. The van der Waals surface area contributed by atoms with Crippen LogP contribution in [0.2, 0.25) is 0 Å². The topological polar surface area (TPSA) is 62.3 Å². The van der Waals surface area contributed by atoms with Gasteiger partial charge in [-0.15, -0.1) is 0 Å². The number of carbonyl (C=O) groups is 2. The molecule has 2 saturated heterocycles. The number of nitrogens with one attached hydrogen (secondary N) is 1. The Labute approximate surface area is 172 Å². The molecular formula is C22H22F3N3O2. The van der Waals surface area contributed by atoms with Gasteiger partial charge in [-0.1, -0.05) is 18.2 Å². The molecule has 0 saturated carbocycles. The van der Waals surface area contributed by atoms with Crippen LogP contribution in [-0.2, 0) is 11.0 Å². The van der Waals surface area contributed by atoms with Crippen LogP contribution >= 0.6 is 0 Å². The third kappa shape index (κ3) is 3.66. The number of carbonyl (C=O) groups excluding carboxylic acids is 2. The Hall–Kier alpha value is -2.90.